The fourth-order valence-electron chi connectivity index (χ4n) is 4.09. The van der Waals surface area contributed by atoms with Crippen LogP contribution in [0.15, 0.2) is 24.0 Å². The molecule has 4 heterocycles. The Kier molecular flexibility index (Phi) is 5.31. The number of nitrogens with zero attached hydrogens (tertiary/aromatic N) is 4. The minimum atomic E-state index is -0.576. The van der Waals surface area contributed by atoms with Gasteiger partial charge in [0.25, 0.3) is 5.91 Å². The van der Waals surface area contributed by atoms with E-state index in [2.05, 4.69) is 28.7 Å². The van der Waals surface area contributed by atoms with Crippen LogP contribution < -0.4 is 10.6 Å². The molecule has 1 saturated heterocycles. The summed E-state index contributed by atoms with van der Waals surface area (Å²) in [6.45, 7) is 6.54. The molecule has 0 bridgehead atoms. The zero-order valence-electron chi connectivity index (χ0n) is 17.1. The summed E-state index contributed by atoms with van der Waals surface area (Å²) < 4.78 is 14.9. The molecule has 0 unspecified atom stereocenters. The summed E-state index contributed by atoms with van der Waals surface area (Å²) in [6, 6.07) is 3.53. The van der Waals surface area contributed by atoms with Gasteiger partial charge in [-0.3, -0.25) is 4.79 Å². The number of pyridine rings is 1. The van der Waals surface area contributed by atoms with Crippen molar-refractivity contribution in [3.63, 3.8) is 0 Å². The monoisotopic (exact) mass is 428 g/mol. The molecule has 9 heteroatoms. The lowest BCUT2D eigenvalue weighted by Crippen LogP contribution is -2.40. The van der Waals surface area contributed by atoms with Crippen LogP contribution in [0.4, 0.5) is 10.2 Å². The van der Waals surface area contributed by atoms with Crippen molar-refractivity contribution >= 4 is 29.3 Å². The largest absolute Gasteiger partial charge is 0.403 e. The third-order valence-electron chi connectivity index (χ3n) is 5.63. The maximum absolute atomic E-state index is 14.9. The normalized spacial score (nSPS) is 19.0. The van der Waals surface area contributed by atoms with E-state index in [4.69, 9.17) is 11.1 Å². The molecule has 30 heavy (non-hydrogen) atoms. The highest BCUT2D eigenvalue weighted by atomic mass is 32.1. The van der Waals surface area contributed by atoms with Crippen molar-refractivity contribution in [2.24, 2.45) is 11.1 Å². The number of piperidine rings is 1. The summed E-state index contributed by atoms with van der Waals surface area (Å²) in [4.78, 5) is 25.6. The van der Waals surface area contributed by atoms with Crippen molar-refractivity contribution in [2.75, 3.05) is 24.5 Å². The Morgan fingerprint density at radius 3 is 2.80 bits per heavy atom. The van der Waals surface area contributed by atoms with Crippen LogP contribution in [0.3, 0.4) is 0 Å². The lowest BCUT2D eigenvalue weighted by Gasteiger charge is -2.38. The van der Waals surface area contributed by atoms with E-state index >= 15 is 0 Å². The molecule has 1 fully saturated rings. The van der Waals surface area contributed by atoms with Crippen LogP contribution in [-0.2, 0) is 6.42 Å². The van der Waals surface area contributed by atoms with Gasteiger partial charge in [-0.2, -0.15) is 4.39 Å². The minimum Gasteiger partial charge on any atom is -0.403 e. The van der Waals surface area contributed by atoms with Crippen molar-refractivity contribution in [1.29, 1.82) is 5.41 Å². The molecule has 0 radical (unpaired) electrons. The van der Waals surface area contributed by atoms with Gasteiger partial charge in [-0.15, -0.1) is 11.3 Å². The van der Waals surface area contributed by atoms with Crippen molar-refractivity contribution in [3.05, 3.63) is 40.5 Å². The average molecular weight is 429 g/mol. The van der Waals surface area contributed by atoms with Gasteiger partial charge in [0.15, 0.2) is 0 Å². The third kappa shape index (κ3) is 3.69. The number of amides is 1. The molecule has 3 N–H and O–H groups in total. The Morgan fingerprint density at radius 1 is 1.33 bits per heavy atom. The van der Waals surface area contributed by atoms with E-state index in [9.17, 15) is 9.18 Å². The number of thiazole rings is 1. The Labute approximate surface area is 178 Å². The smallest absolute Gasteiger partial charge is 0.270 e. The number of hydrogen-bond acceptors (Lipinski definition) is 7. The van der Waals surface area contributed by atoms with E-state index in [1.807, 2.05) is 6.07 Å². The molecule has 0 aliphatic carbocycles. The standard InChI is InChI=1S/C21H25FN6OS/c1-21(2)7-3-8-27(12-21)16-5-4-14(18(22)26-16)19-25-15-6-9-28(13(10-23)11-24)20(29)17(15)30-19/h4-5,10-11,23H,3,6-9,12,24H2,1-2H3/b13-11+,23-10?. The lowest BCUT2D eigenvalue weighted by atomic mass is 9.84. The molecular formula is C21H25FN6OS. The number of allylic oxidation sites excluding steroid dienone is 1. The van der Waals surface area contributed by atoms with Gasteiger partial charge in [0.05, 0.1) is 17.0 Å². The zero-order chi connectivity index (χ0) is 21.5. The Balaban J connectivity index is 1.61. The molecule has 0 saturated carbocycles. The van der Waals surface area contributed by atoms with E-state index in [-0.39, 0.29) is 11.3 Å². The molecule has 158 valence electrons. The molecule has 0 spiro atoms. The highest BCUT2D eigenvalue weighted by molar-refractivity contribution is 7.17. The molecule has 4 rings (SSSR count). The number of fused-ring (bicyclic) bond motifs is 1. The maximum Gasteiger partial charge on any atom is 0.270 e. The number of nitrogens with one attached hydrogen (secondary N) is 1. The van der Waals surface area contributed by atoms with Crippen LogP contribution in [0, 0.1) is 16.8 Å². The van der Waals surface area contributed by atoms with Crippen LogP contribution in [0.5, 0.6) is 0 Å². The minimum absolute atomic E-state index is 0.184. The molecule has 2 aliphatic rings. The second kappa shape index (κ2) is 7.79. The van der Waals surface area contributed by atoms with E-state index in [0.29, 0.717) is 45.6 Å². The van der Waals surface area contributed by atoms with Gasteiger partial charge >= 0.3 is 0 Å². The molecule has 2 aromatic rings. The quantitative estimate of drug-likeness (QED) is 0.574. The predicted molar refractivity (Wildman–Crippen MR) is 116 cm³/mol. The van der Waals surface area contributed by atoms with Crippen molar-refractivity contribution in [2.45, 2.75) is 33.1 Å². The van der Waals surface area contributed by atoms with Gasteiger partial charge < -0.3 is 20.9 Å². The molecule has 1 amide bonds. The number of aromatic nitrogens is 2. The number of carbonyl (C=O) groups is 1. The Morgan fingerprint density at radius 2 is 2.13 bits per heavy atom. The number of nitrogens with two attached hydrogens (primary N) is 1. The lowest BCUT2D eigenvalue weighted by molar-refractivity contribution is 0.0805. The highest BCUT2D eigenvalue weighted by Crippen LogP contribution is 2.35. The first-order chi connectivity index (χ1) is 14.3. The predicted octanol–water partition coefficient (Wildman–Crippen LogP) is 3.42. The van der Waals surface area contributed by atoms with E-state index < -0.39 is 5.95 Å². The maximum atomic E-state index is 14.9. The number of halogens is 1. The summed E-state index contributed by atoms with van der Waals surface area (Å²) in [5.74, 6) is -0.203. The summed E-state index contributed by atoms with van der Waals surface area (Å²) >= 11 is 1.15. The summed E-state index contributed by atoms with van der Waals surface area (Å²) in [6.07, 6.45) is 5.03. The second-order valence-corrected chi connectivity index (χ2v) is 9.43. The molecule has 7 nitrogen and oxygen atoms in total. The average Bonchev–Trinajstić information content (AvgIpc) is 3.14. The van der Waals surface area contributed by atoms with Gasteiger partial charge in [-0.1, -0.05) is 13.8 Å². The molecule has 2 aliphatic heterocycles. The second-order valence-electron chi connectivity index (χ2n) is 8.43. The summed E-state index contributed by atoms with van der Waals surface area (Å²) in [7, 11) is 0. The van der Waals surface area contributed by atoms with Crippen molar-refractivity contribution in [3.8, 4) is 10.6 Å². The van der Waals surface area contributed by atoms with Crippen LogP contribution >= 0.6 is 11.3 Å². The van der Waals surface area contributed by atoms with Crippen molar-refractivity contribution in [1.82, 2.24) is 14.9 Å². The van der Waals surface area contributed by atoms with Crippen LogP contribution in [-0.4, -0.2) is 46.6 Å². The van der Waals surface area contributed by atoms with E-state index in [1.165, 1.54) is 11.1 Å². The number of anilines is 1. The topological polar surface area (TPSA) is 99.2 Å². The third-order valence-corrected chi connectivity index (χ3v) is 6.75. The number of hydrogen-bond donors (Lipinski definition) is 2. The first-order valence-corrected chi connectivity index (χ1v) is 10.8. The Bertz CT molecular complexity index is 1030. The van der Waals surface area contributed by atoms with E-state index in [0.717, 1.165) is 43.5 Å². The Hall–Kier alpha value is -2.81. The van der Waals surface area contributed by atoms with Crippen LogP contribution in [0.25, 0.3) is 10.6 Å². The van der Waals surface area contributed by atoms with Crippen LogP contribution in [0.2, 0.25) is 0 Å². The van der Waals surface area contributed by atoms with Gasteiger partial charge in [0.2, 0.25) is 5.95 Å². The molecule has 2 aromatic heterocycles. The zero-order valence-corrected chi connectivity index (χ0v) is 17.9. The summed E-state index contributed by atoms with van der Waals surface area (Å²) in [5.41, 5.74) is 7.00. The fourth-order valence-corrected chi connectivity index (χ4v) is 5.16. The van der Waals surface area contributed by atoms with E-state index in [1.54, 1.807) is 6.07 Å². The number of rotatable bonds is 4. The number of carbonyl (C=O) groups excluding carboxylic acids is 1. The van der Waals surface area contributed by atoms with Gasteiger partial charge in [-0.05, 0) is 30.4 Å². The molecule has 0 aromatic carbocycles. The first-order valence-electron chi connectivity index (χ1n) is 9.99. The highest BCUT2D eigenvalue weighted by Gasteiger charge is 2.31. The van der Waals surface area contributed by atoms with Crippen molar-refractivity contribution < 1.29 is 9.18 Å². The van der Waals surface area contributed by atoms with Crippen LogP contribution in [0.1, 0.15) is 42.1 Å². The SMILES string of the molecule is CC1(C)CCCN(c2ccc(-c3nc4c(s3)C(=O)N(/C(C=N)=C/N)CC4)c(F)n2)C1. The summed E-state index contributed by atoms with van der Waals surface area (Å²) in [5, 5.41) is 7.87. The van der Waals surface area contributed by atoms with Gasteiger partial charge in [0, 0.05) is 38.5 Å². The molecular weight excluding hydrogens is 403 g/mol. The van der Waals surface area contributed by atoms with Gasteiger partial charge in [-0.25, -0.2) is 9.97 Å². The first kappa shape index (κ1) is 20.5. The molecule has 0 atom stereocenters. The van der Waals surface area contributed by atoms with Gasteiger partial charge in [0.1, 0.15) is 15.7 Å². The fraction of sp³-hybridized carbons (Fsp3) is 0.429.